The molecule has 0 aromatic rings. The first-order chi connectivity index (χ1) is 8.75. The largest absolute Gasteiger partial charge is 0.374 e. The van der Waals surface area contributed by atoms with E-state index in [2.05, 4.69) is 17.2 Å². The van der Waals surface area contributed by atoms with Gasteiger partial charge in [-0.1, -0.05) is 23.4 Å². The van der Waals surface area contributed by atoms with Gasteiger partial charge in [-0.2, -0.15) is 0 Å². The Hall–Kier alpha value is -0.950. The zero-order valence-corrected chi connectivity index (χ0v) is 11.3. The molecule has 0 aromatic heterocycles. The molecule has 0 spiro atoms. The van der Waals surface area contributed by atoms with E-state index in [4.69, 9.17) is 21.1 Å². The number of rotatable bonds is 2. The molecule has 0 aliphatic carbocycles. The Morgan fingerprint density at radius 2 is 2.44 bits per heavy atom. The Labute approximate surface area is 113 Å². The maximum absolute atomic E-state index is 6.03. The number of halogens is 1. The highest BCUT2D eigenvalue weighted by Crippen LogP contribution is 2.17. The number of hydrogen-bond acceptors (Lipinski definition) is 3. The Morgan fingerprint density at radius 3 is 3.17 bits per heavy atom. The quantitative estimate of drug-likeness (QED) is 0.780. The van der Waals surface area contributed by atoms with E-state index in [9.17, 15) is 0 Å². The third-order valence-electron chi connectivity index (χ3n) is 2.91. The van der Waals surface area contributed by atoms with Gasteiger partial charge in [0.2, 0.25) is 0 Å². The van der Waals surface area contributed by atoms with Gasteiger partial charge in [-0.25, -0.2) is 0 Å². The van der Waals surface area contributed by atoms with Crippen LogP contribution in [-0.2, 0) is 9.47 Å². The van der Waals surface area contributed by atoms with Crippen LogP contribution in [0.25, 0.3) is 0 Å². The fourth-order valence-corrected chi connectivity index (χ4v) is 2.00. The molecule has 1 fully saturated rings. The Bertz CT molecular complexity index is 400. The predicted molar refractivity (Wildman–Crippen MR) is 71.9 cm³/mol. The third-order valence-corrected chi connectivity index (χ3v) is 3.33. The first-order valence-electron chi connectivity index (χ1n) is 6.28. The molecule has 1 N–H and O–H groups in total. The fourth-order valence-electron chi connectivity index (χ4n) is 1.82. The highest BCUT2D eigenvalue weighted by atomic mass is 35.5. The van der Waals surface area contributed by atoms with Crippen molar-refractivity contribution in [3.63, 3.8) is 0 Å². The molecule has 2 atom stereocenters. The smallest absolute Gasteiger partial charge is 0.158 e. The van der Waals surface area contributed by atoms with Crippen LogP contribution in [0.15, 0.2) is 22.9 Å². The van der Waals surface area contributed by atoms with Crippen molar-refractivity contribution in [2.75, 3.05) is 13.2 Å². The highest BCUT2D eigenvalue weighted by molar-refractivity contribution is 6.32. The van der Waals surface area contributed by atoms with Crippen molar-refractivity contribution in [2.45, 2.75) is 38.5 Å². The van der Waals surface area contributed by atoms with Crippen LogP contribution < -0.4 is 5.32 Å². The maximum atomic E-state index is 6.03. The minimum atomic E-state index is -0.0753. The van der Waals surface area contributed by atoms with E-state index >= 15 is 0 Å². The molecule has 2 heterocycles. The summed E-state index contributed by atoms with van der Waals surface area (Å²) in [5.41, 5.74) is 1.03. The van der Waals surface area contributed by atoms with Crippen molar-refractivity contribution in [2.24, 2.45) is 0 Å². The molecule has 0 radical (unpaired) electrons. The molecule has 0 bridgehead atoms. The van der Waals surface area contributed by atoms with Crippen molar-refractivity contribution < 1.29 is 9.47 Å². The zero-order valence-electron chi connectivity index (χ0n) is 10.5. The summed E-state index contributed by atoms with van der Waals surface area (Å²) >= 11 is 6.03. The molecule has 0 amide bonds. The van der Waals surface area contributed by atoms with Gasteiger partial charge in [0.1, 0.15) is 12.6 Å². The van der Waals surface area contributed by atoms with Gasteiger partial charge in [-0.15, -0.1) is 0 Å². The van der Waals surface area contributed by atoms with E-state index in [1.54, 1.807) is 0 Å². The lowest BCUT2D eigenvalue weighted by Gasteiger charge is -2.21. The number of ether oxygens (including phenoxy) is 2. The van der Waals surface area contributed by atoms with E-state index < -0.39 is 0 Å². The SMILES string of the molecule is CC1=CNC(C#CCOC2CCCCO2)C=C1Cl. The molecule has 3 nitrogen and oxygen atoms in total. The van der Waals surface area contributed by atoms with Gasteiger partial charge in [-0.05, 0) is 37.8 Å². The molecule has 1 saturated heterocycles. The molecule has 18 heavy (non-hydrogen) atoms. The average Bonchev–Trinajstić information content (AvgIpc) is 2.40. The highest BCUT2D eigenvalue weighted by Gasteiger charge is 2.13. The monoisotopic (exact) mass is 267 g/mol. The van der Waals surface area contributed by atoms with Crippen LogP contribution in [0.4, 0.5) is 0 Å². The van der Waals surface area contributed by atoms with Crippen molar-refractivity contribution in [3.8, 4) is 11.8 Å². The van der Waals surface area contributed by atoms with E-state index in [1.807, 2.05) is 19.2 Å². The summed E-state index contributed by atoms with van der Waals surface area (Å²) in [6.45, 7) is 3.15. The number of hydrogen-bond donors (Lipinski definition) is 1. The minimum absolute atomic E-state index is 0.0305. The normalized spacial score (nSPS) is 27.4. The second-order valence-electron chi connectivity index (χ2n) is 4.41. The van der Waals surface area contributed by atoms with Gasteiger partial charge in [0, 0.05) is 17.8 Å². The van der Waals surface area contributed by atoms with Crippen LogP contribution in [0.3, 0.4) is 0 Å². The first kappa shape index (κ1) is 13.5. The molecule has 2 rings (SSSR count). The predicted octanol–water partition coefficient (Wildman–Crippen LogP) is 2.53. The van der Waals surface area contributed by atoms with Crippen molar-refractivity contribution in [3.05, 3.63) is 22.9 Å². The standard InChI is InChI=1S/C14H18ClNO2/c1-11-10-16-12(9-13(11)15)5-4-8-18-14-6-2-3-7-17-14/h9-10,12,14,16H,2-3,6-8H2,1H3. The summed E-state index contributed by atoms with van der Waals surface area (Å²) in [7, 11) is 0. The second-order valence-corrected chi connectivity index (χ2v) is 4.82. The Morgan fingerprint density at radius 1 is 1.56 bits per heavy atom. The van der Waals surface area contributed by atoms with E-state index in [1.165, 1.54) is 6.42 Å². The number of dihydropyridines is 1. The zero-order chi connectivity index (χ0) is 12.8. The molecule has 0 saturated carbocycles. The summed E-state index contributed by atoms with van der Waals surface area (Å²) < 4.78 is 11.0. The van der Waals surface area contributed by atoms with Crippen LogP contribution in [0, 0.1) is 11.8 Å². The Kier molecular flexibility index (Phi) is 5.12. The molecule has 2 aliphatic heterocycles. The lowest BCUT2D eigenvalue weighted by molar-refractivity contribution is -0.154. The van der Waals surface area contributed by atoms with Crippen LogP contribution in [0.2, 0.25) is 0 Å². The van der Waals surface area contributed by atoms with Gasteiger partial charge < -0.3 is 14.8 Å². The summed E-state index contributed by atoms with van der Waals surface area (Å²) in [5, 5.41) is 3.91. The first-order valence-corrected chi connectivity index (χ1v) is 6.65. The number of allylic oxidation sites excluding steroid dienone is 2. The van der Waals surface area contributed by atoms with E-state index in [-0.39, 0.29) is 12.3 Å². The third kappa shape index (κ3) is 4.06. The molecule has 2 aliphatic rings. The summed E-state index contributed by atoms with van der Waals surface area (Å²) in [6.07, 6.45) is 6.98. The average molecular weight is 268 g/mol. The molecular weight excluding hydrogens is 250 g/mol. The fraction of sp³-hybridized carbons (Fsp3) is 0.571. The molecule has 4 heteroatoms. The lowest BCUT2D eigenvalue weighted by atomic mass is 10.1. The van der Waals surface area contributed by atoms with Crippen molar-refractivity contribution in [1.82, 2.24) is 5.32 Å². The maximum Gasteiger partial charge on any atom is 0.158 e. The van der Waals surface area contributed by atoms with Gasteiger partial charge in [0.25, 0.3) is 0 Å². The topological polar surface area (TPSA) is 30.5 Å². The van der Waals surface area contributed by atoms with E-state index in [0.717, 1.165) is 30.1 Å². The van der Waals surface area contributed by atoms with Crippen LogP contribution >= 0.6 is 11.6 Å². The van der Waals surface area contributed by atoms with Gasteiger partial charge >= 0.3 is 0 Å². The Balaban J connectivity index is 1.72. The van der Waals surface area contributed by atoms with Gasteiger partial charge in [-0.3, -0.25) is 0 Å². The minimum Gasteiger partial charge on any atom is -0.374 e. The van der Waals surface area contributed by atoms with Crippen LogP contribution in [-0.4, -0.2) is 25.5 Å². The van der Waals surface area contributed by atoms with Crippen molar-refractivity contribution in [1.29, 1.82) is 0 Å². The second kappa shape index (κ2) is 6.84. The van der Waals surface area contributed by atoms with Crippen LogP contribution in [0.1, 0.15) is 26.2 Å². The molecular formula is C14H18ClNO2. The van der Waals surface area contributed by atoms with Gasteiger partial charge in [0.15, 0.2) is 6.29 Å². The summed E-state index contributed by atoms with van der Waals surface area (Å²) in [6, 6.07) is -0.0305. The summed E-state index contributed by atoms with van der Waals surface area (Å²) in [4.78, 5) is 0. The lowest BCUT2D eigenvalue weighted by Crippen LogP contribution is -2.24. The van der Waals surface area contributed by atoms with E-state index in [0.29, 0.717) is 6.61 Å². The van der Waals surface area contributed by atoms with Crippen LogP contribution in [0.5, 0.6) is 0 Å². The van der Waals surface area contributed by atoms with Gasteiger partial charge in [0.05, 0.1) is 0 Å². The molecule has 0 aromatic carbocycles. The summed E-state index contributed by atoms with van der Waals surface area (Å²) in [5.74, 6) is 6.06. The molecule has 2 unspecified atom stereocenters. The van der Waals surface area contributed by atoms with Crippen molar-refractivity contribution >= 4 is 11.6 Å². The number of nitrogens with one attached hydrogen (secondary N) is 1. The molecule has 98 valence electrons.